The Balaban J connectivity index is 2.13. The van der Waals surface area contributed by atoms with Gasteiger partial charge in [0.15, 0.2) is 0 Å². The third kappa shape index (κ3) is 2.99. The Morgan fingerprint density at radius 3 is 2.50 bits per heavy atom. The fraction of sp³-hybridized carbons (Fsp3) is 0.400. The van der Waals surface area contributed by atoms with Crippen LogP contribution in [0.15, 0.2) is 36.5 Å². The molecule has 1 aromatic carbocycles. The molecule has 3 nitrogen and oxygen atoms in total. The first-order valence-electron chi connectivity index (χ1n) is 6.50. The van der Waals surface area contributed by atoms with Gasteiger partial charge in [0.1, 0.15) is 0 Å². The molecule has 96 valence electrons. The van der Waals surface area contributed by atoms with E-state index in [0.29, 0.717) is 5.92 Å². The van der Waals surface area contributed by atoms with E-state index < -0.39 is 0 Å². The third-order valence-corrected chi connectivity index (χ3v) is 3.10. The maximum absolute atomic E-state index is 4.57. The Hall–Kier alpha value is -1.61. The second kappa shape index (κ2) is 5.83. The number of aromatic nitrogens is 2. The second-order valence-corrected chi connectivity index (χ2v) is 4.85. The van der Waals surface area contributed by atoms with E-state index in [1.807, 2.05) is 17.9 Å². The van der Waals surface area contributed by atoms with E-state index in [1.54, 1.807) is 0 Å². The SMILES string of the molecule is CNCCc1ccn(-c2ccc(C(C)C)cc2)n1. The maximum Gasteiger partial charge on any atom is 0.0645 e. The highest BCUT2D eigenvalue weighted by molar-refractivity contribution is 5.35. The molecule has 0 amide bonds. The third-order valence-electron chi connectivity index (χ3n) is 3.10. The van der Waals surface area contributed by atoms with Crippen LogP contribution in [0.2, 0.25) is 0 Å². The van der Waals surface area contributed by atoms with Gasteiger partial charge >= 0.3 is 0 Å². The van der Waals surface area contributed by atoms with Crippen LogP contribution in [-0.2, 0) is 6.42 Å². The van der Waals surface area contributed by atoms with Crippen LogP contribution < -0.4 is 5.32 Å². The number of nitrogens with one attached hydrogen (secondary N) is 1. The normalized spacial score (nSPS) is 11.1. The maximum atomic E-state index is 4.57. The monoisotopic (exact) mass is 243 g/mol. The van der Waals surface area contributed by atoms with Gasteiger partial charge in [0.05, 0.1) is 11.4 Å². The summed E-state index contributed by atoms with van der Waals surface area (Å²) in [6.45, 7) is 5.38. The van der Waals surface area contributed by atoms with Crippen LogP contribution >= 0.6 is 0 Å². The number of hydrogen-bond acceptors (Lipinski definition) is 2. The first-order chi connectivity index (χ1) is 8.70. The number of nitrogens with zero attached hydrogens (tertiary/aromatic N) is 2. The molecule has 18 heavy (non-hydrogen) atoms. The average molecular weight is 243 g/mol. The zero-order chi connectivity index (χ0) is 13.0. The zero-order valence-electron chi connectivity index (χ0n) is 11.4. The molecule has 1 aromatic heterocycles. The predicted octanol–water partition coefficient (Wildman–Crippen LogP) is 2.76. The summed E-state index contributed by atoms with van der Waals surface area (Å²) < 4.78 is 1.94. The van der Waals surface area contributed by atoms with Gasteiger partial charge in [-0.2, -0.15) is 5.10 Å². The smallest absolute Gasteiger partial charge is 0.0645 e. The Kier molecular flexibility index (Phi) is 4.15. The van der Waals surface area contributed by atoms with Crippen molar-refractivity contribution in [1.82, 2.24) is 15.1 Å². The van der Waals surface area contributed by atoms with Crippen LogP contribution in [0, 0.1) is 0 Å². The summed E-state index contributed by atoms with van der Waals surface area (Å²) in [6, 6.07) is 10.7. The van der Waals surface area contributed by atoms with Crippen molar-refractivity contribution < 1.29 is 0 Å². The first-order valence-corrected chi connectivity index (χ1v) is 6.50. The van der Waals surface area contributed by atoms with Crippen molar-refractivity contribution in [3.63, 3.8) is 0 Å². The van der Waals surface area contributed by atoms with Crippen molar-refractivity contribution in [2.24, 2.45) is 0 Å². The molecule has 0 radical (unpaired) electrons. The molecule has 0 saturated carbocycles. The van der Waals surface area contributed by atoms with Crippen LogP contribution in [0.4, 0.5) is 0 Å². The molecule has 0 aliphatic rings. The minimum atomic E-state index is 0.572. The highest BCUT2D eigenvalue weighted by Gasteiger charge is 2.02. The topological polar surface area (TPSA) is 29.9 Å². The summed E-state index contributed by atoms with van der Waals surface area (Å²) in [5.74, 6) is 0.572. The van der Waals surface area contributed by atoms with Crippen molar-refractivity contribution >= 4 is 0 Å². The summed E-state index contributed by atoms with van der Waals surface area (Å²) in [7, 11) is 1.96. The minimum absolute atomic E-state index is 0.572. The predicted molar refractivity (Wildman–Crippen MR) is 75.3 cm³/mol. The highest BCUT2D eigenvalue weighted by atomic mass is 15.3. The molecule has 1 N–H and O–H groups in total. The average Bonchev–Trinajstić information content (AvgIpc) is 2.85. The van der Waals surface area contributed by atoms with E-state index in [4.69, 9.17) is 0 Å². The van der Waals surface area contributed by atoms with Crippen LogP contribution in [-0.4, -0.2) is 23.4 Å². The molecule has 0 unspecified atom stereocenters. The number of hydrogen-bond donors (Lipinski definition) is 1. The molecule has 2 rings (SSSR count). The van der Waals surface area contributed by atoms with E-state index in [9.17, 15) is 0 Å². The lowest BCUT2D eigenvalue weighted by Crippen LogP contribution is -2.10. The van der Waals surface area contributed by atoms with E-state index >= 15 is 0 Å². The summed E-state index contributed by atoms with van der Waals surface area (Å²) in [4.78, 5) is 0. The molecule has 0 atom stereocenters. The van der Waals surface area contributed by atoms with Crippen LogP contribution in [0.3, 0.4) is 0 Å². The number of rotatable bonds is 5. The minimum Gasteiger partial charge on any atom is -0.319 e. The van der Waals surface area contributed by atoms with E-state index in [-0.39, 0.29) is 0 Å². The standard InChI is InChI=1S/C15H21N3/c1-12(2)13-4-6-15(7-5-13)18-11-9-14(17-18)8-10-16-3/h4-7,9,11-12,16H,8,10H2,1-3H3. The van der Waals surface area contributed by atoms with Gasteiger partial charge in [-0.15, -0.1) is 0 Å². The molecule has 3 heteroatoms. The van der Waals surface area contributed by atoms with Gasteiger partial charge in [0.25, 0.3) is 0 Å². The van der Waals surface area contributed by atoms with Gasteiger partial charge in [-0.3, -0.25) is 0 Å². The van der Waals surface area contributed by atoms with Crippen molar-refractivity contribution in [3.05, 3.63) is 47.8 Å². The van der Waals surface area contributed by atoms with Gasteiger partial charge in [0, 0.05) is 19.2 Å². The molecular weight excluding hydrogens is 222 g/mol. The van der Waals surface area contributed by atoms with Crippen LogP contribution in [0.1, 0.15) is 31.0 Å². The number of benzene rings is 1. The van der Waals surface area contributed by atoms with Gasteiger partial charge in [0.2, 0.25) is 0 Å². The Morgan fingerprint density at radius 2 is 1.89 bits per heavy atom. The lowest BCUT2D eigenvalue weighted by Gasteiger charge is -2.06. The van der Waals surface area contributed by atoms with Gasteiger partial charge in [-0.25, -0.2) is 4.68 Å². The summed E-state index contributed by atoms with van der Waals surface area (Å²) in [6.07, 6.45) is 2.99. The number of likely N-dealkylation sites (N-methyl/N-ethyl adjacent to an activating group) is 1. The van der Waals surface area contributed by atoms with Gasteiger partial charge < -0.3 is 5.32 Å². The highest BCUT2D eigenvalue weighted by Crippen LogP contribution is 2.16. The van der Waals surface area contributed by atoms with E-state index in [2.05, 4.69) is 54.6 Å². The Bertz CT molecular complexity index is 483. The van der Waals surface area contributed by atoms with E-state index in [1.165, 1.54) is 5.56 Å². The Morgan fingerprint density at radius 1 is 1.17 bits per heavy atom. The summed E-state index contributed by atoms with van der Waals surface area (Å²) >= 11 is 0. The first kappa shape index (κ1) is 12.8. The second-order valence-electron chi connectivity index (χ2n) is 4.85. The van der Waals surface area contributed by atoms with Crippen LogP contribution in [0.25, 0.3) is 5.69 Å². The quantitative estimate of drug-likeness (QED) is 0.875. The lowest BCUT2D eigenvalue weighted by molar-refractivity contribution is 0.754. The summed E-state index contributed by atoms with van der Waals surface area (Å²) in [5, 5.41) is 7.71. The molecule has 0 aliphatic carbocycles. The molecule has 2 aromatic rings. The largest absolute Gasteiger partial charge is 0.319 e. The molecule has 0 fully saturated rings. The fourth-order valence-electron chi connectivity index (χ4n) is 1.90. The van der Waals surface area contributed by atoms with Gasteiger partial charge in [-0.1, -0.05) is 26.0 Å². The molecular formula is C15H21N3. The Labute approximate surface area is 109 Å². The van der Waals surface area contributed by atoms with Crippen LogP contribution in [0.5, 0.6) is 0 Å². The fourth-order valence-corrected chi connectivity index (χ4v) is 1.90. The van der Waals surface area contributed by atoms with Crippen molar-refractivity contribution in [2.75, 3.05) is 13.6 Å². The molecule has 0 bridgehead atoms. The molecule has 1 heterocycles. The van der Waals surface area contributed by atoms with E-state index in [0.717, 1.165) is 24.3 Å². The lowest BCUT2D eigenvalue weighted by atomic mass is 10.0. The molecule has 0 aliphatic heterocycles. The molecule has 0 saturated heterocycles. The van der Waals surface area contributed by atoms with Crippen molar-refractivity contribution in [2.45, 2.75) is 26.2 Å². The molecule has 0 spiro atoms. The van der Waals surface area contributed by atoms with Crippen molar-refractivity contribution in [1.29, 1.82) is 0 Å². The zero-order valence-corrected chi connectivity index (χ0v) is 11.4. The summed E-state index contributed by atoms with van der Waals surface area (Å²) in [5.41, 5.74) is 3.61. The van der Waals surface area contributed by atoms with Crippen molar-refractivity contribution in [3.8, 4) is 5.69 Å². The van der Waals surface area contributed by atoms with Gasteiger partial charge in [-0.05, 0) is 36.7 Å².